The van der Waals surface area contributed by atoms with Gasteiger partial charge in [0, 0.05) is 31.9 Å². The molecule has 0 unspecified atom stereocenters. The van der Waals surface area contributed by atoms with Crippen molar-refractivity contribution in [3.05, 3.63) is 0 Å². The van der Waals surface area contributed by atoms with E-state index in [1.807, 2.05) is 0 Å². The largest absolute Gasteiger partial charge is 0.380 e. The van der Waals surface area contributed by atoms with Gasteiger partial charge in [-0.05, 0) is 39.0 Å². The Hall–Kier alpha value is -0.160. The van der Waals surface area contributed by atoms with Gasteiger partial charge in [0.2, 0.25) is 0 Å². The van der Waals surface area contributed by atoms with Gasteiger partial charge in [-0.1, -0.05) is 20.8 Å². The summed E-state index contributed by atoms with van der Waals surface area (Å²) < 4.78 is 16.6. The van der Waals surface area contributed by atoms with Gasteiger partial charge in [-0.3, -0.25) is 0 Å². The van der Waals surface area contributed by atoms with Crippen molar-refractivity contribution in [3.8, 4) is 0 Å². The second-order valence-electron chi connectivity index (χ2n) is 7.68. The molecule has 0 aliphatic rings. The Balaban J connectivity index is 3.10. The summed E-state index contributed by atoms with van der Waals surface area (Å²) in [5.74, 6) is 0. The summed E-state index contributed by atoms with van der Waals surface area (Å²) in [6, 6.07) is 0. The van der Waals surface area contributed by atoms with Crippen LogP contribution in [-0.2, 0) is 14.2 Å². The Kier molecular flexibility index (Phi) is 11.3. The number of hydrogen-bond donors (Lipinski definition) is 1. The average Bonchev–Trinajstić information content (AvgIpc) is 2.32. The van der Waals surface area contributed by atoms with Gasteiger partial charge in [-0.15, -0.1) is 0 Å². The first kappa shape index (κ1) is 20.8. The maximum absolute atomic E-state index is 5.54. The highest BCUT2D eigenvalue weighted by Gasteiger charge is 2.09. The van der Waals surface area contributed by atoms with Crippen LogP contribution in [0.15, 0.2) is 0 Å². The fourth-order valence-electron chi connectivity index (χ4n) is 1.56. The average molecular weight is 303 g/mol. The van der Waals surface area contributed by atoms with E-state index in [4.69, 9.17) is 14.2 Å². The van der Waals surface area contributed by atoms with Gasteiger partial charge in [0.1, 0.15) is 0 Å². The Labute approximate surface area is 131 Å². The smallest absolute Gasteiger partial charge is 0.0700 e. The standard InChI is InChI=1S/C17H37NO3/c1-16(2,3)8-12-21-15-14-20-11-7-10-19-13-9-18-17(4,5)6/h18H,7-15H2,1-6H3. The summed E-state index contributed by atoms with van der Waals surface area (Å²) in [5.41, 5.74) is 0.513. The molecule has 128 valence electrons. The molecule has 4 heteroatoms. The molecular formula is C17H37NO3. The van der Waals surface area contributed by atoms with E-state index >= 15 is 0 Å². The van der Waals surface area contributed by atoms with E-state index in [9.17, 15) is 0 Å². The number of nitrogens with one attached hydrogen (secondary N) is 1. The number of hydrogen-bond acceptors (Lipinski definition) is 4. The molecule has 0 bridgehead atoms. The fraction of sp³-hybridized carbons (Fsp3) is 1.00. The quantitative estimate of drug-likeness (QED) is 0.562. The number of ether oxygens (including phenoxy) is 3. The number of rotatable bonds is 12. The van der Waals surface area contributed by atoms with E-state index in [0.29, 0.717) is 18.6 Å². The Bertz CT molecular complexity index is 207. The van der Waals surface area contributed by atoms with Crippen LogP contribution in [0.1, 0.15) is 54.4 Å². The SMILES string of the molecule is CC(C)(C)CCOCCOCCCOCCNC(C)(C)C. The van der Waals surface area contributed by atoms with E-state index < -0.39 is 0 Å². The minimum absolute atomic E-state index is 0.166. The molecule has 4 nitrogen and oxygen atoms in total. The summed E-state index contributed by atoms with van der Waals surface area (Å²) in [7, 11) is 0. The van der Waals surface area contributed by atoms with Crippen molar-refractivity contribution in [1.82, 2.24) is 5.32 Å². The van der Waals surface area contributed by atoms with E-state index in [1.54, 1.807) is 0 Å². The molecule has 0 aromatic rings. The third-order valence-electron chi connectivity index (χ3n) is 2.85. The molecule has 0 aliphatic carbocycles. The summed E-state index contributed by atoms with van der Waals surface area (Å²) in [4.78, 5) is 0. The van der Waals surface area contributed by atoms with Crippen LogP contribution >= 0.6 is 0 Å². The van der Waals surface area contributed by atoms with E-state index in [1.165, 1.54) is 0 Å². The van der Waals surface area contributed by atoms with Gasteiger partial charge >= 0.3 is 0 Å². The highest BCUT2D eigenvalue weighted by Crippen LogP contribution is 2.17. The van der Waals surface area contributed by atoms with Gasteiger partial charge < -0.3 is 19.5 Å². The lowest BCUT2D eigenvalue weighted by Gasteiger charge is -2.20. The zero-order valence-corrected chi connectivity index (χ0v) is 15.1. The van der Waals surface area contributed by atoms with Crippen LogP contribution in [0.5, 0.6) is 0 Å². The van der Waals surface area contributed by atoms with Gasteiger partial charge in [0.15, 0.2) is 0 Å². The molecule has 0 heterocycles. The lowest BCUT2D eigenvalue weighted by Crippen LogP contribution is -2.38. The molecule has 0 fully saturated rings. The van der Waals surface area contributed by atoms with Gasteiger partial charge in [0.25, 0.3) is 0 Å². The van der Waals surface area contributed by atoms with Crippen LogP contribution in [0.25, 0.3) is 0 Å². The minimum atomic E-state index is 0.166. The van der Waals surface area contributed by atoms with Crippen molar-refractivity contribution in [2.24, 2.45) is 5.41 Å². The highest BCUT2D eigenvalue weighted by atomic mass is 16.5. The normalized spacial score (nSPS) is 12.9. The summed E-state index contributed by atoms with van der Waals surface area (Å²) in [5, 5.41) is 3.39. The first-order valence-electron chi connectivity index (χ1n) is 8.19. The third kappa shape index (κ3) is 19.8. The lowest BCUT2D eigenvalue weighted by atomic mass is 9.93. The second kappa shape index (κ2) is 11.4. The molecule has 0 atom stereocenters. The highest BCUT2D eigenvalue weighted by molar-refractivity contribution is 4.69. The molecule has 0 spiro atoms. The van der Waals surface area contributed by atoms with E-state index in [2.05, 4.69) is 46.9 Å². The van der Waals surface area contributed by atoms with Crippen LogP contribution < -0.4 is 5.32 Å². The Morgan fingerprint density at radius 1 is 0.667 bits per heavy atom. The maximum atomic E-state index is 5.54. The van der Waals surface area contributed by atoms with Gasteiger partial charge in [-0.25, -0.2) is 0 Å². The first-order valence-corrected chi connectivity index (χ1v) is 8.19. The Morgan fingerprint density at radius 2 is 1.19 bits per heavy atom. The zero-order chi connectivity index (χ0) is 16.2. The molecule has 0 aliphatic heterocycles. The molecule has 0 aromatic heterocycles. The van der Waals surface area contributed by atoms with Crippen molar-refractivity contribution < 1.29 is 14.2 Å². The van der Waals surface area contributed by atoms with Crippen molar-refractivity contribution in [2.75, 3.05) is 46.2 Å². The fourth-order valence-corrected chi connectivity index (χ4v) is 1.56. The van der Waals surface area contributed by atoms with Crippen LogP contribution in [-0.4, -0.2) is 51.7 Å². The van der Waals surface area contributed by atoms with Gasteiger partial charge in [0.05, 0.1) is 19.8 Å². The maximum Gasteiger partial charge on any atom is 0.0700 e. The van der Waals surface area contributed by atoms with Crippen molar-refractivity contribution in [1.29, 1.82) is 0 Å². The third-order valence-corrected chi connectivity index (χ3v) is 2.85. The van der Waals surface area contributed by atoms with Crippen LogP contribution in [0, 0.1) is 5.41 Å². The topological polar surface area (TPSA) is 39.7 Å². The lowest BCUT2D eigenvalue weighted by molar-refractivity contribution is 0.0290. The molecule has 0 saturated heterocycles. The van der Waals surface area contributed by atoms with Crippen LogP contribution in [0.4, 0.5) is 0 Å². The van der Waals surface area contributed by atoms with Gasteiger partial charge in [-0.2, -0.15) is 0 Å². The van der Waals surface area contributed by atoms with Crippen molar-refractivity contribution >= 4 is 0 Å². The molecule has 0 aromatic carbocycles. The molecule has 0 radical (unpaired) electrons. The first-order chi connectivity index (χ1) is 9.71. The zero-order valence-electron chi connectivity index (χ0n) is 15.1. The monoisotopic (exact) mass is 303 g/mol. The summed E-state index contributed by atoms with van der Waals surface area (Å²) >= 11 is 0. The van der Waals surface area contributed by atoms with E-state index in [0.717, 1.165) is 45.8 Å². The second-order valence-corrected chi connectivity index (χ2v) is 7.68. The Morgan fingerprint density at radius 3 is 1.71 bits per heavy atom. The van der Waals surface area contributed by atoms with Crippen LogP contribution in [0.3, 0.4) is 0 Å². The molecule has 0 amide bonds. The summed E-state index contributed by atoms with van der Waals surface area (Å²) in [6.45, 7) is 18.5. The molecule has 1 N–H and O–H groups in total. The molecule has 21 heavy (non-hydrogen) atoms. The molecular weight excluding hydrogens is 266 g/mol. The van der Waals surface area contributed by atoms with E-state index in [-0.39, 0.29) is 5.54 Å². The van der Waals surface area contributed by atoms with Crippen molar-refractivity contribution in [2.45, 2.75) is 59.9 Å². The van der Waals surface area contributed by atoms with Crippen molar-refractivity contribution in [3.63, 3.8) is 0 Å². The molecule has 0 saturated carbocycles. The minimum Gasteiger partial charge on any atom is -0.380 e. The summed E-state index contributed by atoms with van der Waals surface area (Å²) in [6.07, 6.45) is 2.03. The van der Waals surface area contributed by atoms with Crippen LogP contribution in [0.2, 0.25) is 0 Å². The molecule has 0 rings (SSSR count). The predicted octanol–water partition coefficient (Wildman–Crippen LogP) is 3.25. The predicted molar refractivity (Wildman–Crippen MR) is 88.9 cm³/mol.